The van der Waals surface area contributed by atoms with Crippen LogP contribution in [0.1, 0.15) is 80.6 Å². The standard InChI is InChI=1S/C22H43N3O4/c1-16(19(27)24-21(2,3)4)25(14-17-11-9-8-10-12-17)15-18(26)13-23-20(28)29-22(5,6)7/h16-18,26H,8-15H2,1-7H3,(H,23,28)(H,24,27)/t16-,18?/m0/s1. The Morgan fingerprint density at radius 3 is 2.21 bits per heavy atom. The number of hydrogen-bond acceptors (Lipinski definition) is 5. The van der Waals surface area contributed by atoms with Crippen molar-refractivity contribution in [1.82, 2.24) is 15.5 Å². The quantitative estimate of drug-likeness (QED) is 0.569. The van der Waals surface area contributed by atoms with Crippen LogP contribution in [0.4, 0.5) is 4.79 Å². The minimum atomic E-state index is -0.781. The van der Waals surface area contributed by atoms with E-state index in [1.54, 1.807) is 20.8 Å². The fourth-order valence-corrected chi connectivity index (χ4v) is 3.58. The highest BCUT2D eigenvalue weighted by molar-refractivity contribution is 5.82. The Hall–Kier alpha value is -1.34. The summed E-state index contributed by atoms with van der Waals surface area (Å²) in [5.41, 5.74) is -0.889. The summed E-state index contributed by atoms with van der Waals surface area (Å²) in [7, 11) is 0. The number of carbonyl (C=O) groups is 2. The van der Waals surface area contributed by atoms with Gasteiger partial charge in [0.2, 0.25) is 5.91 Å². The first kappa shape index (κ1) is 25.7. The molecular formula is C22H43N3O4. The largest absolute Gasteiger partial charge is 0.444 e. The highest BCUT2D eigenvalue weighted by Crippen LogP contribution is 2.25. The van der Waals surface area contributed by atoms with Gasteiger partial charge >= 0.3 is 6.09 Å². The van der Waals surface area contributed by atoms with Crippen molar-refractivity contribution in [2.75, 3.05) is 19.6 Å². The van der Waals surface area contributed by atoms with Crippen LogP contribution in [0, 0.1) is 5.92 Å². The van der Waals surface area contributed by atoms with E-state index in [4.69, 9.17) is 4.74 Å². The van der Waals surface area contributed by atoms with Crippen LogP contribution >= 0.6 is 0 Å². The van der Waals surface area contributed by atoms with Gasteiger partial charge in [0, 0.05) is 25.2 Å². The lowest BCUT2D eigenvalue weighted by Gasteiger charge is -2.35. The van der Waals surface area contributed by atoms with Gasteiger partial charge in [-0.05, 0) is 67.2 Å². The molecule has 2 amide bonds. The monoisotopic (exact) mass is 413 g/mol. The van der Waals surface area contributed by atoms with Crippen molar-refractivity contribution in [1.29, 1.82) is 0 Å². The summed E-state index contributed by atoms with van der Waals surface area (Å²) < 4.78 is 5.22. The van der Waals surface area contributed by atoms with Crippen molar-refractivity contribution in [3.8, 4) is 0 Å². The van der Waals surface area contributed by atoms with E-state index in [1.165, 1.54) is 19.3 Å². The lowest BCUT2D eigenvalue weighted by molar-refractivity contribution is -0.128. The van der Waals surface area contributed by atoms with Gasteiger partial charge in [0.25, 0.3) is 0 Å². The highest BCUT2D eigenvalue weighted by atomic mass is 16.6. The third kappa shape index (κ3) is 11.4. The predicted molar refractivity (Wildman–Crippen MR) is 116 cm³/mol. The zero-order valence-electron chi connectivity index (χ0n) is 19.5. The summed E-state index contributed by atoms with van der Waals surface area (Å²) in [6, 6.07) is -0.354. The molecular weight excluding hydrogens is 370 g/mol. The van der Waals surface area contributed by atoms with Crippen molar-refractivity contribution in [3.63, 3.8) is 0 Å². The van der Waals surface area contributed by atoms with Crippen LogP contribution in [0.3, 0.4) is 0 Å². The highest BCUT2D eigenvalue weighted by Gasteiger charge is 2.29. The maximum Gasteiger partial charge on any atom is 0.407 e. The van der Waals surface area contributed by atoms with E-state index in [0.717, 1.165) is 19.4 Å². The molecule has 1 saturated carbocycles. The first-order valence-electron chi connectivity index (χ1n) is 11.0. The lowest BCUT2D eigenvalue weighted by atomic mass is 9.88. The molecule has 1 aliphatic carbocycles. The van der Waals surface area contributed by atoms with Crippen molar-refractivity contribution in [2.24, 2.45) is 5.92 Å². The third-order valence-electron chi connectivity index (χ3n) is 4.97. The van der Waals surface area contributed by atoms with E-state index in [1.807, 2.05) is 27.7 Å². The Morgan fingerprint density at radius 2 is 1.69 bits per heavy atom. The topological polar surface area (TPSA) is 90.9 Å². The van der Waals surface area contributed by atoms with Gasteiger partial charge in [0.05, 0.1) is 12.1 Å². The lowest BCUT2D eigenvalue weighted by Crippen LogP contribution is -2.54. The summed E-state index contributed by atoms with van der Waals surface area (Å²) in [6.07, 6.45) is 4.73. The molecule has 1 rings (SSSR count). The molecule has 0 aromatic heterocycles. The summed E-state index contributed by atoms with van der Waals surface area (Å²) >= 11 is 0. The molecule has 2 atom stereocenters. The van der Waals surface area contributed by atoms with E-state index in [0.29, 0.717) is 12.5 Å². The van der Waals surface area contributed by atoms with Gasteiger partial charge < -0.3 is 20.5 Å². The Kier molecular flexibility index (Phi) is 9.89. The Balaban J connectivity index is 2.69. The molecule has 7 nitrogen and oxygen atoms in total. The van der Waals surface area contributed by atoms with E-state index < -0.39 is 17.8 Å². The van der Waals surface area contributed by atoms with Crippen molar-refractivity contribution < 1.29 is 19.4 Å². The van der Waals surface area contributed by atoms with Gasteiger partial charge in [0.1, 0.15) is 5.60 Å². The molecule has 7 heteroatoms. The van der Waals surface area contributed by atoms with Crippen LogP contribution in [0.15, 0.2) is 0 Å². The average Bonchev–Trinajstić information content (AvgIpc) is 2.56. The minimum absolute atomic E-state index is 0.0411. The van der Waals surface area contributed by atoms with E-state index in [2.05, 4.69) is 15.5 Å². The molecule has 0 bridgehead atoms. The van der Waals surface area contributed by atoms with Crippen LogP contribution in [0.25, 0.3) is 0 Å². The molecule has 1 unspecified atom stereocenters. The molecule has 0 aromatic rings. The van der Waals surface area contributed by atoms with Gasteiger partial charge in [0.15, 0.2) is 0 Å². The van der Waals surface area contributed by atoms with Gasteiger partial charge in [-0.1, -0.05) is 19.3 Å². The van der Waals surface area contributed by atoms with Crippen LogP contribution in [-0.2, 0) is 9.53 Å². The van der Waals surface area contributed by atoms with Crippen LogP contribution in [0.2, 0.25) is 0 Å². The number of amides is 2. The molecule has 0 aliphatic heterocycles. The second kappa shape index (κ2) is 11.2. The molecule has 0 spiro atoms. The van der Waals surface area contributed by atoms with E-state index in [9.17, 15) is 14.7 Å². The zero-order valence-corrected chi connectivity index (χ0v) is 19.5. The predicted octanol–water partition coefficient (Wildman–Crippen LogP) is 3.06. The Morgan fingerprint density at radius 1 is 1.10 bits per heavy atom. The fraction of sp³-hybridized carbons (Fsp3) is 0.909. The number of ether oxygens (including phenoxy) is 1. The number of nitrogens with zero attached hydrogens (tertiary/aromatic N) is 1. The number of rotatable bonds is 8. The molecule has 1 aliphatic rings. The summed E-state index contributed by atoms with van der Waals surface area (Å²) in [4.78, 5) is 26.6. The maximum atomic E-state index is 12.7. The van der Waals surface area contributed by atoms with Gasteiger partial charge in [-0.2, -0.15) is 0 Å². The minimum Gasteiger partial charge on any atom is -0.444 e. The van der Waals surface area contributed by atoms with Gasteiger partial charge in [-0.25, -0.2) is 4.79 Å². The van der Waals surface area contributed by atoms with Gasteiger partial charge in [-0.3, -0.25) is 9.69 Å². The second-order valence-corrected chi connectivity index (χ2v) is 10.4. The number of nitrogens with one attached hydrogen (secondary N) is 2. The first-order valence-corrected chi connectivity index (χ1v) is 11.0. The summed E-state index contributed by atoms with van der Waals surface area (Å²) in [5.74, 6) is 0.500. The molecule has 29 heavy (non-hydrogen) atoms. The van der Waals surface area contributed by atoms with Crippen molar-refractivity contribution >= 4 is 12.0 Å². The van der Waals surface area contributed by atoms with Crippen molar-refractivity contribution in [3.05, 3.63) is 0 Å². The first-order chi connectivity index (χ1) is 13.3. The number of alkyl carbamates (subject to hydrolysis) is 1. The Bertz CT molecular complexity index is 519. The van der Waals surface area contributed by atoms with Crippen molar-refractivity contribution in [2.45, 2.75) is 104 Å². The molecule has 3 N–H and O–H groups in total. The molecule has 0 heterocycles. The van der Waals surface area contributed by atoms with Crippen LogP contribution < -0.4 is 10.6 Å². The summed E-state index contributed by atoms with van der Waals surface area (Å²) in [5, 5.41) is 16.2. The van der Waals surface area contributed by atoms with E-state index in [-0.39, 0.29) is 24.0 Å². The molecule has 0 aromatic carbocycles. The number of hydrogen-bond donors (Lipinski definition) is 3. The molecule has 170 valence electrons. The Labute approximate surface area is 176 Å². The van der Waals surface area contributed by atoms with Crippen LogP contribution in [0.5, 0.6) is 0 Å². The smallest absolute Gasteiger partial charge is 0.407 e. The maximum absolute atomic E-state index is 12.7. The number of aliphatic hydroxyl groups excluding tert-OH is 1. The fourth-order valence-electron chi connectivity index (χ4n) is 3.58. The molecule has 0 radical (unpaired) electrons. The van der Waals surface area contributed by atoms with Gasteiger partial charge in [-0.15, -0.1) is 0 Å². The van der Waals surface area contributed by atoms with Crippen LogP contribution in [-0.4, -0.2) is 64.9 Å². The average molecular weight is 414 g/mol. The van der Waals surface area contributed by atoms with E-state index >= 15 is 0 Å². The summed E-state index contributed by atoms with van der Waals surface area (Å²) in [6.45, 7) is 14.3. The SMILES string of the molecule is C[C@@H](C(=O)NC(C)(C)C)N(CC(O)CNC(=O)OC(C)(C)C)CC1CCCCC1. The molecule has 1 fully saturated rings. The third-order valence-corrected chi connectivity index (χ3v) is 4.97. The number of carbonyl (C=O) groups excluding carboxylic acids is 2. The molecule has 0 saturated heterocycles. The zero-order chi connectivity index (χ0) is 22.2. The second-order valence-electron chi connectivity index (χ2n) is 10.4. The normalized spacial score (nSPS) is 18.2. The number of aliphatic hydroxyl groups is 1.